The van der Waals surface area contributed by atoms with Crippen molar-refractivity contribution in [3.05, 3.63) is 24.2 Å². The Kier molecular flexibility index (Phi) is 3.31. The Balaban J connectivity index is 1.85. The van der Waals surface area contributed by atoms with Crippen molar-refractivity contribution in [2.24, 2.45) is 0 Å². The third-order valence-corrected chi connectivity index (χ3v) is 4.54. The predicted molar refractivity (Wildman–Crippen MR) is 77.3 cm³/mol. The summed E-state index contributed by atoms with van der Waals surface area (Å²) in [7, 11) is 1.38. The molecule has 2 aliphatic rings. The van der Waals surface area contributed by atoms with Crippen LogP contribution in [0.2, 0.25) is 0 Å². The zero-order valence-corrected chi connectivity index (χ0v) is 13.0. The summed E-state index contributed by atoms with van der Waals surface area (Å²) in [5.41, 5.74) is 5.60. The highest BCUT2D eigenvalue weighted by atomic mass is 19.2. The fraction of sp³-hybridized carbons (Fsp3) is 0.571. The van der Waals surface area contributed by atoms with E-state index in [1.54, 1.807) is 19.1 Å². The van der Waals surface area contributed by atoms with Crippen LogP contribution in [-0.2, 0) is 24.5 Å². The smallest absolute Gasteiger partial charge is 0.272 e. The van der Waals surface area contributed by atoms with Crippen molar-refractivity contribution in [2.45, 2.75) is 37.1 Å². The number of aliphatic hydroxyl groups is 1. The van der Waals surface area contributed by atoms with Crippen LogP contribution in [0.5, 0.6) is 0 Å². The van der Waals surface area contributed by atoms with E-state index in [0.29, 0.717) is 11.2 Å². The molecule has 0 aliphatic carbocycles. The van der Waals surface area contributed by atoms with Gasteiger partial charge >= 0.3 is 0 Å². The molecule has 0 bridgehead atoms. The number of hydrogen-bond acceptors (Lipinski definition) is 8. The van der Waals surface area contributed by atoms with Gasteiger partial charge in [-0.1, -0.05) is 0 Å². The lowest BCUT2D eigenvalue weighted by Gasteiger charge is -2.30. The standard InChI is InChI=1S/C14H17FN4O5/c1-13(8-4-3-7-11(16)17-6-18-19(7)8)9-10(14(15,5-20)24-13)23-12(21-2)22-9/h3-4,6,9-10,12,20H,5H2,1-2H3,(H2,16,17,18)/t9-,10+,12?,13+,14-/m1/s1. The summed E-state index contributed by atoms with van der Waals surface area (Å²) in [6, 6.07) is 3.40. The summed E-state index contributed by atoms with van der Waals surface area (Å²) in [6.07, 6.45) is -0.712. The third-order valence-electron chi connectivity index (χ3n) is 4.54. The Labute approximate surface area is 136 Å². The number of rotatable bonds is 3. The van der Waals surface area contributed by atoms with Crippen molar-refractivity contribution in [3.8, 4) is 0 Å². The summed E-state index contributed by atoms with van der Waals surface area (Å²) < 4.78 is 38.2. The number of hydrogen-bond donors (Lipinski definition) is 2. The van der Waals surface area contributed by atoms with E-state index in [0.717, 1.165) is 0 Å². The molecule has 1 unspecified atom stereocenters. The zero-order chi connectivity index (χ0) is 17.1. The van der Waals surface area contributed by atoms with Crippen LogP contribution in [0.25, 0.3) is 5.52 Å². The number of aliphatic hydroxyl groups excluding tert-OH is 1. The highest BCUT2D eigenvalue weighted by molar-refractivity contribution is 5.65. The first-order valence-electron chi connectivity index (χ1n) is 7.35. The van der Waals surface area contributed by atoms with Gasteiger partial charge in [0.2, 0.25) is 0 Å². The molecule has 9 nitrogen and oxygen atoms in total. The third kappa shape index (κ3) is 1.91. The number of ether oxygens (including phenoxy) is 4. The van der Waals surface area contributed by atoms with E-state index in [1.807, 2.05) is 0 Å². The molecule has 2 aromatic heterocycles. The van der Waals surface area contributed by atoms with Crippen LogP contribution in [0, 0.1) is 0 Å². The van der Waals surface area contributed by atoms with Gasteiger partial charge in [-0.2, -0.15) is 5.10 Å². The number of nitrogen functional groups attached to an aromatic ring is 1. The minimum Gasteiger partial charge on any atom is -0.390 e. The van der Waals surface area contributed by atoms with E-state index >= 15 is 4.39 Å². The maximum Gasteiger partial charge on any atom is 0.272 e. The van der Waals surface area contributed by atoms with E-state index < -0.39 is 36.7 Å². The zero-order valence-electron chi connectivity index (χ0n) is 13.0. The van der Waals surface area contributed by atoms with Crippen LogP contribution in [0.4, 0.5) is 10.2 Å². The van der Waals surface area contributed by atoms with Gasteiger partial charge < -0.3 is 29.8 Å². The second-order valence-corrected chi connectivity index (χ2v) is 5.95. The molecule has 0 aromatic carbocycles. The number of halogens is 1. The van der Waals surface area contributed by atoms with Crippen molar-refractivity contribution in [1.29, 1.82) is 0 Å². The average Bonchev–Trinajstić information content (AvgIpc) is 3.24. The number of aromatic nitrogens is 3. The monoisotopic (exact) mass is 340 g/mol. The van der Waals surface area contributed by atoms with Crippen LogP contribution >= 0.6 is 0 Å². The lowest BCUT2D eigenvalue weighted by molar-refractivity contribution is -0.303. The second kappa shape index (κ2) is 5.07. The van der Waals surface area contributed by atoms with Gasteiger partial charge in [0.05, 0.1) is 5.69 Å². The van der Waals surface area contributed by atoms with Gasteiger partial charge in [0.1, 0.15) is 30.2 Å². The van der Waals surface area contributed by atoms with Crippen LogP contribution < -0.4 is 5.73 Å². The van der Waals surface area contributed by atoms with Crippen LogP contribution in [0.15, 0.2) is 18.5 Å². The number of nitrogens with zero attached hydrogens (tertiary/aromatic N) is 3. The quantitative estimate of drug-likeness (QED) is 0.798. The number of methoxy groups -OCH3 is 1. The Hall–Kier alpha value is -1.85. The molecule has 3 N–H and O–H groups in total. The van der Waals surface area contributed by atoms with Crippen molar-refractivity contribution >= 4 is 11.3 Å². The lowest BCUT2D eigenvalue weighted by Crippen LogP contribution is -2.41. The highest BCUT2D eigenvalue weighted by Gasteiger charge is 2.68. The van der Waals surface area contributed by atoms with Gasteiger partial charge in [0.15, 0.2) is 11.9 Å². The molecule has 0 radical (unpaired) electrons. The molecule has 10 heteroatoms. The molecule has 5 atom stereocenters. The molecule has 0 saturated carbocycles. The molecule has 24 heavy (non-hydrogen) atoms. The molecule has 4 heterocycles. The van der Waals surface area contributed by atoms with Crippen molar-refractivity contribution in [1.82, 2.24) is 14.6 Å². The van der Waals surface area contributed by atoms with Gasteiger partial charge in [-0.3, -0.25) is 0 Å². The number of alkyl halides is 1. The molecule has 2 fully saturated rings. The normalized spacial score (nSPS) is 38.8. The summed E-state index contributed by atoms with van der Waals surface area (Å²) in [5, 5.41) is 13.6. The first-order valence-corrected chi connectivity index (χ1v) is 7.35. The molecule has 2 aromatic rings. The van der Waals surface area contributed by atoms with Crippen molar-refractivity contribution in [2.75, 3.05) is 19.5 Å². The van der Waals surface area contributed by atoms with E-state index in [2.05, 4.69) is 10.1 Å². The summed E-state index contributed by atoms with van der Waals surface area (Å²) in [4.78, 5) is 3.92. The summed E-state index contributed by atoms with van der Waals surface area (Å²) in [6.45, 7) is -0.288. The SMILES string of the molecule is COC1O[C@@H]2[C@H](O1)[C@@](F)(CO)O[C@@]2(C)c1ccc2c(N)ncnn12. The summed E-state index contributed by atoms with van der Waals surface area (Å²) >= 11 is 0. The molecule has 4 rings (SSSR count). The average molecular weight is 340 g/mol. The van der Waals surface area contributed by atoms with Crippen molar-refractivity contribution in [3.63, 3.8) is 0 Å². The molecule has 2 aliphatic heterocycles. The fourth-order valence-electron chi connectivity index (χ4n) is 3.39. The molecular formula is C14H17FN4O5. The second-order valence-electron chi connectivity index (χ2n) is 5.95. The van der Waals surface area contributed by atoms with Crippen LogP contribution in [0.3, 0.4) is 0 Å². The minimum atomic E-state index is -2.44. The maximum atomic E-state index is 15.1. The minimum absolute atomic E-state index is 0.279. The first kappa shape index (κ1) is 15.7. The number of nitrogens with two attached hydrogens (primary N) is 1. The number of anilines is 1. The molecule has 2 saturated heterocycles. The largest absolute Gasteiger partial charge is 0.390 e. The first-order chi connectivity index (χ1) is 11.4. The Morgan fingerprint density at radius 2 is 2.17 bits per heavy atom. The molecule has 130 valence electrons. The Bertz CT molecular complexity index is 788. The van der Waals surface area contributed by atoms with Gasteiger partial charge in [-0.05, 0) is 19.1 Å². The van der Waals surface area contributed by atoms with Crippen LogP contribution in [0.1, 0.15) is 12.6 Å². The van der Waals surface area contributed by atoms with Crippen LogP contribution in [-0.4, -0.2) is 58.0 Å². The summed E-state index contributed by atoms with van der Waals surface area (Å²) in [5.74, 6) is -2.16. The van der Waals surface area contributed by atoms with E-state index in [1.165, 1.54) is 18.0 Å². The van der Waals surface area contributed by atoms with Gasteiger partial charge in [0, 0.05) is 7.11 Å². The van der Waals surface area contributed by atoms with E-state index in [-0.39, 0.29) is 5.82 Å². The fourth-order valence-corrected chi connectivity index (χ4v) is 3.39. The number of fused-ring (bicyclic) bond motifs is 2. The Morgan fingerprint density at radius 3 is 2.88 bits per heavy atom. The van der Waals surface area contributed by atoms with Gasteiger partial charge in [0.25, 0.3) is 12.3 Å². The maximum absolute atomic E-state index is 15.1. The molecular weight excluding hydrogens is 323 g/mol. The topological polar surface area (TPSA) is 113 Å². The van der Waals surface area contributed by atoms with E-state index in [4.69, 9.17) is 24.7 Å². The highest BCUT2D eigenvalue weighted by Crippen LogP contribution is 2.51. The lowest BCUT2D eigenvalue weighted by atomic mass is 9.93. The van der Waals surface area contributed by atoms with Gasteiger partial charge in [-0.25, -0.2) is 13.9 Å². The molecule has 0 amide bonds. The van der Waals surface area contributed by atoms with Gasteiger partial charge in [-0.15, -0.1) is 0 Å². The van der Waals surface area contributed by atoms with E-state index in [9.17, 15) is 5.11 Å². The van der Waals surface area contributed by atoms with Crippen molar-refractivity contribution < 1.29 is 28.4 Å². The predicted octanol–water partition coefficient (Wildman–Crippen LogP) is -0.0710. The molecule has 0 spiro atoms. The Morgan fingerprint density at radius 1 is 1.42 bits per heavy atom.